The minimum absolute atomic E-state index is 0.00733. The Labute approximate surface area is 221 Å². The summed E-state index contributed by atoms with van der Waals surface area (Å²) in [6.45, 7) is 5.31. The van der Waals surface area contributed by atoms with Crippen molar-refractivity contribution in [1.29, 1.82) is 0 Å². The number of carbonyl (C=O) groups is 1. The van der Waals surface area contributed by atoms with Gasteiger partial charge in [-0.3, -0.25) is 4.79 Å². The lowest BCUT2D eigenvalue weighted by atomic mass is 9.94. The van der Waals surface area contributed by atoms with Crippen LogP contribution < -0.4 is 16.8 Å². The van der Waals surface area contributed by atoms with E-state index in [0.29, 0.717) is 34.2 Å². The molecule has 3 aromatic carbocycles. The summed E-state index contributed by atoms with van der Waals surface area (Å²) >= 11 is 0. The van der Waals surface area contributed by atoms with Gasteiger partial charge in [0.1, 0.15) is 5.82 Å². The van der Waals surface area contributed by atoms with Gasteiger partial charge in [0.05, 0.1) is 11.6 Å². The van der Waals surface area contributed by atoms with Crippen LogP contribution in [0.2, 0.25) is 0 Å². The highest BCUT2D eigenvalue weighted by Crippen LogP contribution is 2.32. The minimum atomic E-state index is -0.923. The molecule has 0 saturated carbocycles. The second-order valence-corrected chi connectivity index (χ2v) is 9.35. The van der Waals surface area contributed by atoms with Gasteiger partial charge in [-0.05, 0) is 68.1 Å². The topological polar surface area (TPSA) is 120 Å². The highest BCUT2D eigenvalue weighted by molar-refractivity contribution is 5.97. The number of nitrogens with two attached hydrogens (primary N) is 2. The van der Waals surface area contributed by atoms with E-state index in [1.807, 2.05) is 37.3 Å². The Kier molecular flexibility index (Phi) is 8.01. The SMILES string of the molecule is CC#C[C@@H](C)NC(=O)c1cc(-c2nnc([C@@](C)(N)Cc3ccccc3)o2)cc(-c2cccc(F)c2CN)c1. The van der Waals surface area contributed by atoms with Crippen LogP contribution in [0.15, 0.2) is 71.1 Å². The molecule has 0 spiro atoms. The zero-order valence-electron chi connectivity index (χ0n) is 21.6. The van der Waals surface area contributed by atoms with Crippen LogP contribution in [0.25, 0.3) is 22.6 Å². The molecular weight excluding hydrogens is 481 g/mol. The fourth-order valence-corrected chi connectivity index (χ4v) is 4.27. The van der Waals surface area contributed by atoms with Crippen molar-refractivity contribution in [3.63, 3.8) is 0 Å². The Hall–Kier alpha value is -4.32. The summed E-state index contributed by atoms with van der Waals surface area (Å²) in [6, 6.07) is 19.2. The second-order valence-electron chi connectivity index (χ2n) is 9.35. The van der Waals surface area contributed by atoms with Gasteiger partial charge < -0.3 is 21.2 Å². The smallest absolute Gasteiger partial charge is 0.252 e. The third-order valence-electron chi connectivity index (χ3n) is 6.11. The van der Waals surface area contributed by atoms with Crippen LogP contribution >= 0.6 is 0 Å². The van der Waals surface area contributed by atoms with Gasteiger partial charge in [0.2, 0.25) is 11.8 Å². The molecule has 1 amide bonds. The second kappa shape index (κ2) is 11.4. The Bertz CT molecular complexity index is 1500. The van der Waals surface area contributed by atoms with E-state index in [0.717, 1.165) is 5.56 Å². The normalized spacial score (nSPS) is 13.2. The van der Waals surface area contributed by atoms with Gasteiger partial charge in [-0.25, -0.2) is 4.39 Å². The molecule has 0 unspecified atom stereocenters. The zero-order valence-corrected chi connectivity index (χ0v) is 21.6. The van der Waals surface area contributed by atoms with Gasteiger partial charge in [0, 0.05) is 23.2 Å². The monoisotopic (exact) mass is 511 g/mol. The number of halogens is 1. The number of nitrogens with zero attached hydrogens (tertiary/aromatic N) is 2. The van der Waals surface area contributed by atoms with E-state index in [1.165, 1.54) is 6.07 Å². The molecular formula is C30H30FN5O2. The molecule has 0 aliphatic rings. The Morgan fingerprint density at radius 1 is 1.11 bits per heavy atom. The molecule has 1 heterocycles. The molecule has 0 bridgehead atoms. The molecule has 0 saturated heterocycles. The molecule has 7 nitrogen and oxygen atoms in total. The van der Waals surface area contributed by atoms with Crippen molar-refractivity contribution in [3.8, 4) is 34.4 Å². The lowest BCUT2D eigenvalue weighted by Crippen LogP contribution is -2.35. The van der Waals surface area contributed by atoms with Crippen molar-refractivity contribution in [2.45, 2.75) is 45.3 Å². The highest BCUT2D eigenvalue weighted by Gasteiger charge is 2.29. The van der Waals surface area contributed by atoms with Crippen molar-refractivity contribution in [1.82, 2.24) is 15.5 Å². The van der Waals surface area contributed by atoms with E-state index >= 15 is 0 Å². The average Bonchev–Trinajstić information content (AvgIpc) is 3.40. The van der Waals surface area contributed by atoms with Crippen LogP contribution in [-0.4, -0.2) is 22.1 Å². The third kappa shape index (κ3) is 5.97. The first-order valence-corrected chi connectivity index (χ1v) is 12.2. The molecule has 38 heavy (non-hydrogen) atoms. The quantitative estimate of drug-likeness (QED) is 0.298. The summed E-state index contributed by atoms with van der Waals surface area (Å²) in [5, 5.41) is 11.3. The first kappa shape index (κ1) is 26.7. The first-order chi connectivity index (χ1) is 18.2. The zero-order chi connectivity index (χ0) is 27.3. The van der Waals surface area contributed by atoms with Crippen LogP contribution in [-0.2, 0) is 18.5 Å². The maximum atomic E-state index is 14.6. The van der Waals surface area contributed by atoms with E-state index in [4.69, 9.17) is 15.9 Å². The molecule has 0 radical (unpaired) electrons. The number of rotatable bonds is 8. The van der Waals surface area contributed by atoms with Crippen molar-refractivity contribution in [2.75, 3.05) is 0 Å². The van der Waals surface area contributed by atoms with Gasteiger partial charge in [0.25, 0.3) is 5.91 Å². The van der Waals surface area contributed by atoms with E-state index in [2.05, 4.69) is 27.4 Å². The number of nitrogens with one attached hydrogen (secondary N) is 1. The summed E-state index contributed by atoms with van der Waals surface area (Å²) in [5.41, 5.74) is 14.8. The summed E-state index contributed by atoms with van der Waals surface area (Å²) in [4.78, 5) is 13.1. The standard InChI is InChI=1S/C30H30FN5O2/c1-4-9-19(2)34-27(37)22-14-21(24-12-8-13-26(31)25(24)18-32)15-23(16-22)28-35-36-29(38-28)30(3,33)17-20-10-6-5-7-11-20/h5-8,10-16,19H,17-18,32-33H2,1-3H3,(H,34,37)/t19-,30+/m1/s1. The van der Waals surface area contributed by atoms with Gasteiger partial charge in [-0.1, -0.05) is 48.4 Å². The molecule has 1 aromatic heterocycles. The number of hydrogen-bond acceptors (Lipinski definition) is 6. The molecule has 4 rings (SSSR count). The Morgan fingerprint density at radius 3 is 2.55 bits per heavy atom. The molecule has 0 aliphatic carbocycles. The number of amides is 1. The van der Waals surface area contributed by atoms with E-state index < -0.39 is 11.4 Å². The number of carbonyl (C=O) groups excluding carboxylic acids is 1. The van der Waals surface area contributed by atoms with Crippen molar-refractivity contribution >= 4 is 5.91 Å². The molecule has 4 aromatic rings. The van der Waals surface area contributed by atoms with Crippen LogP contribution in [0.3, 0.4) is 0 Å². The molecule has 2 atom stereocenters. The minimum Gasteiger partial charge on any atom is -0.419 e. The van der Waals surface area contributed by atoms with Crippen molar-refractivity contribution < 1.29 is 13.6 Å². The predicted molar refractivity (Wildman–Crippen MR) is 145 cm³/mol. The Morgan fingerprint density at radius 2 is 1.84 bits per heavy atom. The van der Waals surface area contributed by atoms with Gasteiger partial charge in [-0.15, -0.1) is 16.1 Å². The van der Waals surface area contributed by atoms with Crippen molar-refractivity contribution in [3.05, 3.63) is 95.1 Å². The predicted octanol–water partition coefficient (Wildman–Crippen LogP) is 4.56. The van der Waals surface area contributed by atoms with Crippen LogP contribution in [0.5, 0.6) is 0 Å². The molecule has 8 heteroatoms. The maximum absolute atomic E-state index is 14.6. The lowest BCUT2D eigenvalue weighted by molar-refractivity contribution is 0.0948. The number of benzene rings is 3. The highest BCUT2D eigenvalue weighted by atomic mass is 19.1. The van der Waals surface area contributed by atoms with Gasteiger partial charge in [0.15, 0.2) is 0 Å². The summed E-state index contributed by atoms with van der Waals surface area (Å²) in [6.07, 6.45) is 0.489. The van der Waals surface area contributed by atoms with Crippen molar-refractivity contribution in [2.24, 2.45) is 11.5 Å². The fraction of sp³-hybridized carbons (Fsp3) is 0.233. The maximum Gasteiger partial charge on any atom is 0.252 e. The van der Waals surface area contributed by atoms with Crippen LogP contribution in [0.4, 0.5) is 4.39 Å². The van der Waals surface area contributed by atoms with E-state index in [-0.39, 0.29) is 30.3 Å². The largest absolute Gasteiger partial charge is 0.419 e. The summed E-state index contributed by atoms with van der Waals surface area (Å²) < 4.78 is 20.6. The molecule has 0 aliphatic heterocycles. The first-order valence-electron chi connectivity index (χ1n) is 12.2. The summed E-state index contributed by atoms with van der Waals surface area (Å²) in [5.74, 6) is 5.37. The van der Waals surface area contributed by atoms with E-state index in [1.54, 1.807) is 44.2 Å². The average molecular weight is 512 g/mol. The molecule has 194 valence electrons. The van der Waals surface area contributed by atoms with Crippen LogP contribution in [0.1, 0.15) is 48.1 Å². The van der Waals surface area contributed by atoms with E-state index in [9.17, 15) is 9.18 Å². The van der Waals surface area contributed by atoms with Gasteiger partial charge in [-0.2, -0.15) is 0 Å². The fourth-order valence-electron chi connectivity index (χ4n) is 4.27. The molecule has 0 fully saturated rings. The van der Waals surface area contributed by atoms with Gasteiger partial charge >= 0.3 is 0 Å². The summed E-state index contributed by atoms with van der Waals surface area (Å²) in [7, 11) is 0. The Balaban J connectivity index is 1.77. The third-order valence-corrected chi connectivity index (χ3v) is 6.11. The van der Waals surface area contributed by atoms with Crippen LogP contribution in [0, 0.1) is 17.7 Å². The lowest BCUT2D eigenvalue weighted by Gasteiger charge is -2.20. The number of aromatic nitrogens is 2. The molecule has 5 N–H and O–H groups in total. The number of hydrogen-bond donors (Lipinski definition) is 3.